The Kier molecular flexibility index (Phi) is 12.1. The van der Waals surface area contributed by atoms with Gasteiger partial charge >= 0.3 is 0 Å². The highest BCUT2D eigenvalue weighted by Gasteiger charge is 2.45. The van der Waals surface area contributed by atoms with E-state index in [2.05, 4.69) is 31.5 Å². The Morgan fingerprint density at radius 1 is 1.02 bits per heavy atom. The van der Waals surface area contributed by atoms with Crippen molar-refractivity contribution in [2.24, 2.45) is 5.10 Å². The van der Waals surface area contributed by atoms with Crippen LogP contribution in [0.5, 0.6) is 5.75 Å². The Bertz CT molecular complexity index is 1770. The number of anilines is 1. The van der Waals surface area contributed by atoms with Crippen LogP contribution in [0.25, 0.3) is 0 Å². The highest BCUT2D eigenvalue weighted by molar-refractivity contribution is 6.25. The summed E-state index contributed by atoms with van der Waals surface area (Å²) < 4.78 is 7.43. The van der Waals surface area contributed by atoms with Crippen molar-refractivity contribution in [3.05, 3.63) is 71.0 Å². The van der Waals surface area contributed by atoms with Crippen LogP contribution < -0.4 is 20.8 Å². The maximum atomic E-state index is 13.3. The molecule has 0 spiro atoms. The number of Topliss-reactive ketones (excluding diaryl/α,β-unsaturated/α-hetero) is 1. The fourth-order valence-corrected chi connectivity index (χ4v) is 5.56. The van der Waals surface area contributed by atoms with Gasteiger partial charge in [-0.05, 0) is 61.2 Å². The van der Waals surface area contributed by atoms with Crippen molar-refractivity contribution in [1.82, 2.24) is 30.6 Å². The van der Waals surface area contributed by atoms with E-state index in [1.165, 1.54) is 6.07 Å². The number of aromatic nitrogens is 3. The predicted octanol–water partition coefficient (Wildman–Crippen LogP) is 1.72. The van der Waals surface area contributed by atoms with Gasteiger partial charge in [-0.25, -0.2) is 10.1 Å². The number of hydrogen-bond donors (Lipinski definition) is 4. The van der Waals surface area contributed by atoms with Gasteiger partial charge in [0, 0.05) is 24.9 Å². The minimum absolute atomic E-state index is 0.0444. The van der Waals surface area contributed by atoms with Crippen LogP contribution in [0.4, 0.5) is 5.69 Å². The topological polar surface area (TPSA) is 214 Å². The van der Waals surface area contributed by atoms with Crippen molar-refractivity contribution in [3.8, 4) is 5.75 Å². The van der Waals surface area contributed by atoms with E-state index in [9.17, 15) is 28.8 Å². The number of aliphatic hydroxyl groups is 1. The standard InChI is InChI=1S/C34H38N8O8/c43-21-24(44)6-3-1-2-4-9-30(46)39-36-18-22-10-12-25(13-11-22)50-17-16-41-20-23(38-40-41)19-35-27-8-5-7-26-31(27)34(49)42(33(26)48)28-14-15-29(45)37-32(28)47/h5,7-8,10-13,18,20,28,35,43H,1-4,6,9,14-17,19,21H2,(H,39,46)(H,37,45,47)/b36-18+. The number of hydrogen-bond acceptors (Lipinski definition) is 12. The quantitative estimate of drug-likeness (QED) is 0.0654. The predicted molar refractivity (Wildman–Crippen MR) is 178 cm³/mol. The molecule has 1 atom stereocenters. The zero-order valence-corrected chi connectivity index (χ0v) is 27.3. The molecule has 3 heterocycles. The van der Waals surface area contributed by atoms with Gasteiger partial charge in [0.2, 0.25) is 17.7 Å². The molecule has 3 aromatic rings. The largest absolute Gasteiger partial charge is 0.492 e. The van der Waals surface area contributed by atoms with Crippen molar-refractivity contribution in [2.75, 3.05) is 18.5 Å². The van der Waals surface area contributed by atoms with E-state index in [1.807, 2.05) is 0 Å². The molecule has 2 aromatic carbocycles. The molecule has 0 saturated carbocycles. The zero-order chi connectivity index (χ0) is 35.5. The van der Waals surface area contributed by atoms with Crippen molar-refractivity contribution in [2.45, 2.75) is 70.5 Å². The molecule has 50 heavy (non-hydrogen) atoms. The van der Waals surface area contributed by atoms with Gasteiger partial charge in [0.1, 0.15) is 30.7 Å². The first-order chi connectivity index (χ1) is 24.2. The maximum absolute atomic E-state index is 13.3. The molecule has 1 fully saturated rings. The van der Waals surface area contributed by atoms with Crippen LogP contribution in [0.3, 0.4) is 0 Å². The van der Waals surface area contributed by atoms with Gasteiger partial charge in [-0.2, -0.15) is 5.10 Å². The average molecular weight is 687 g/mol. The van der Waals surface area contributed by atoms with Gasteiger partial charge in [-0.1, -0.05) is 24.1 Å². The fourth-order valence-electron chi connectivity index (χ4n) is 5.56. The number of benzene rings is 2. The number of imide groups is 2. The van der Waals surface area contributed by atoms with E-state index in [4.69, 9.17) is 9.84 Å². The molecule has 1 aromatic heterocycles. The first-order valence-corrected chi connectivity index (χ1v) is 16.4. The summed E-state index contributed by atoms with van der Waals surface area (Å²) in [7, 11) is 0. The summed E-state index contributed by atoms with van der Waals surface area (Å²) in [6, 6.07) is 11.0. The van der Waals surface area contributed by atoms with E-state index in [0.717, 1.165) is 23.3 Å². The Morgan fingerprint density at radius 3 is 2.56 bits per heavy atom. The van der Waals surface area contributed by atoms with E-state index in [1.54, 1.807) is 53.5 Å². The average Bonchev–Trinajstić information content (AvgIpc) is 3.67. The molecule has 4 N–H and O–H groups in total. The molecule has 2 aliphatic heterocycles. The van der Waals surface area contributed by atoms with Gasteiger partial charge in [-0.15, -0.1) is 5.10 Å². The third kappa shape index (κ3) is 9.22. The monoisotopic (exact) mass is 686 g/mol. The number of nitrogens with zero attached hydrogens (tertiary/aromatic N) is 5. The molecule has 1 saturated heterocycles. The highest BCUT2D eigenvalue weighted by atomic mass is 16.5. The number of carbonyl (C=O) groups is 6. The number of carbonyl (C=O) groups excluding carboxylic acids is 6. The molecule has 0 bridgehead atoms. The number of aliphatic hydroxyl groups excluding tert-OH is 1. The normalized spacial score (nSPS) is 15.7. The molecule has 262 valence electrons. The summed E-state index contributed by atoms with van der Waals surface area (Å²) in [5.74, 6) is -1.98. The summed E-state index contributed by atoms with van der Waals surface area (Å²) in [5.41, 5.74) is 4.64. The third-order valence-corrected chi connectivity index (χ3v) is 8.17. The molecule has 5 rings (SSSR count). The summed E-state index contributed by atoms with van der Waals surface area (Å²) in [5, 5.41) is 26.3. The number of piperidine rings is 1. The Hall–Kier alpha value is -5.77. The lowest BCUT2D eigenvalue weighted by atomic mass is 10.0. The van der Waals surface area contributed by atoms with Crippen molar-refractivity contribution < 1.29 is 38.6 Å². The molecule has 1 unspecified atom stereocenters. The van der Waals surface area contributed by atoms with Crippen LogP contribution in [-0.4, -0.2) is 85.8 Å². The number of nitrogens with one attached hydrogen (secondary N) is 3. The van der Waals surface area contributed by atoms with Crippen molar-refractivity contribution >= 4 is 47.2 Å². The van der Waals surface area contributed by atoms with Crippen molar-refractivity contribution in [1.29, 1.82) is 0 Å². The van der Waals surface area contributed by atoms with E-state index >= 15 is 0 Å². The lowest BCUT2D eigenvalue weighted by Gasteiger charge is -2.27. The number of rotatable bonds is 18. The second-order valence-corrected chi connectivity index (χ2v) is 11.8. The SMILES string of the molecule is O=C(CO)CCCCCCC(=O)N/N=C/c1ccc(OCCn2cc(CNc3cccc4c3C(=O)N(C3CCC(=O)NC3=O)C4=O)nn2)cc1. The third-order valence-electron chi connectivity index (χ3n) is 8.17. The minimum Gasteiger partial charge on any atom is -0.492 e. The van der Waals surface area contributed by atoms with Crippen LogP contribution in [0, 0.1) is 0 Å². The molecule has 0 radical (unpaired) electrons. The van der Waals surface area contributed by atoms with Crippen LogP contribution in [-0.2, 0) is 32.3 Å². The Morgan fingerprint density at radius 2 is 1.80 bits per heavy atom. The summed E-state index contributed by atoms with van der Waals surface area (Å²) in [6.45, 7) is 0.529. The van der Waals surface area contributed by atoms with Crippen LogP contribution in [0.2, 0.25) is 0 Å². The number of ether oxygens (including phenoxy) is 1. The molecule has 16 heteroatoms. The lowest BCUT2D eigenvalue weighted by molar-refractivity contribution is -0.136. The van der Waals surface area contributed by atoms with Crippen LogP contribution in [0.1, 0.15) is 83.3 Å². The maximum Gasteiger partial charge on any atom is 0.264 e. The zero-order valence-electron chi connectivity index (χ0n) is 27.3. The molecule has 2 aliphatic rings. The number of hydrazone groups is 1. The van der Waals surface area contributed by atoms with E-state index in [-0.39, 0.29) is 42.2 Å². The highest BCUT2D eigenvalue weighted by Crippen LogP contribution is 2.32. The first kappa shape index (κ1) is 35.5. The van der Waals surface area contributed by atoms with Crippen molar-refractivity contribution in [3.63, 3.8) is 0 Å². The Labute approximate surface area is 287 Å². The van der Waals surface area contributed by atoms with Gasteiger partial charge in [0.15, 0.2) is 5.78 Å². The van der Waals surface area contributed by atoms with Gasteiger partial charge in [-0.3, -0.25) is 39.0 Å². The summed E-state index contributed by atoms with van der Waals surface area (Å²) >= 11 is 0. The Balaban J connectivity index is 1.02. The number of amides is 5. The second kappa shape index (κ2) is 17.1. The van der Waals surface area contributed by atoms with E-state index < -0.39 is 36.3 Å². The van der Waals surface area contributed by atoms with Gasteiger partial charge in [0.05, 0.1) is 36.6 Å². The molecule has 16 nitrogen and oxygen atoms in total. The van der Waals surface area contributed by atoms with Gasteiger partial charge < -0.3 is 15.2 Å². The van der Waals surface area contributed by atoms with Gasteiger partial charge in [0.25, 0.3) is 11.8 Å². The fraction of sp³-hybridized carbons (Fsp3) is 0.382. The lowest BCUT2D eigenvalue weighted by Crippen LogP contribution is -2.54. The summed E-state index contributed by atoms with van der Waals surface area (Å²) in [6.07, 6.45) is 7.17. The molecule has 5 amide bonds. The number of fused-ring (bicyclic) bond motifs is 1. The number of ketones is 1. The first-order valence-electron chi connectivity index (χ1n) is 16.4. The molecular weight excluding hydrogens is 648 g/mol. The smallest absolute Gasteiger partial charge is 0.264 e. The van der Waals surface area contributed by atoms with Crippen LogP contribution >= 0.6 is 0 Å². The second-order valence-electron chi connectivity index (χ2n) is 11.8. The summed E-state index contributed by atoms with van der Waals surface area (Å²) in [4.78, 5) is 74.2. The number of unbranched alkanes of at least 4 members (excludes halogenated alkanes) is 3. The van der Waals surface area contributed by atoms with E-state index in [0.29, 0.717) is 56.0 Å². The molecular formula is C34H38N8O8. The molecule has 0 aliphatic carbocycles. The minimum atomic E-state index is -1.04. The van der Waals surface area contributed by atoms with Crippen LogP contribution in [0.15, 0.2) is 53.8 Å².